The Labute approximate surface area is 169 Å². The molecule has 1 aliphatic rings. The van der Waals surface area contributed by atoms with Gasteiger partial charge in [-0.3, -0.25) is 9.78 Å². The minimum atomic E-state index is -5.36. The first kappa shape index (κ1) is 21.4. The summed E-state index contributed by atoms with van der Waals surface area (Å²) in [5, 5.41) is 14.3. The third-order valence-corrected chi connectivity index (χ3v) is 4.80. The van der Waals surface area contributed by atoms with Crippen LogP contribution in [0.5, 0.6) is 11.5 Å². The van der Waals surface area contributed by atoms with E-state index in [1.807, 2.05) is 0 Å². The van der Waals surface area contributed by atoms with Crippen LogP contribution >= 0.6 is 0 Å². The van der Waals surface area contributed by atoms with E-state index in [2.05, 4.69) is 10.3 Å². The van der Waals surface area contributed by atoms with E-state index in [9.17, 15) is 27.9 Å². The second-order valence-corrected chi connectivity index (χ2v) is 6.51. The van der Waals surface area contributed by atoms with Crippen molar-refractivity contribution in [3.8, 4) is 11.5 Å². The summed E-state index contributed by atoms with van der Waals surface area (Å²) in [4.78, 5) is 29.0. The van der Waals surface area contributed by atoms with Gasteiger partial charge in [0, 0.05) is 23.5 Å². The number of aliphatic hydroxyl groups is 1. The normalized spacial score (nSPS) is 23.9. The van der Waals surface area contributed by atoms with Gasteiger partial charge in [-0.1, -0.05) is 12.1 Å². The number of amides is 2. The number of Topliss-reactive ketones (excluding diaryl/α,β-unsaturated/α-hetero) is 1. The molecule has 2 aromatic rings. The number of pyridine rings is 1. The number of carbonyl (C=O) groups excluding carboxylic acids is 2. The lowest BCUT2D eigenvalue weighted by Crippen LogP contribution is -2.72. The van der Waals surface area contributed by atoms with Crippen molar-refractivity contribution in [3.63, 3.8) is 0 Å². The van der Waals surface area contributed by atoms with Crippen LogP contribution in [0, 0.1) is 5.92 Å². The van der Waals surface area contributed by atoms with Gasteiger partial charge >= 0.3 is 12.2 Å². The molecule has 3 rings (SSSR count). The van der Waals surface area contributed by atoms with E-state index < -0.39 is 35.7 Å². The highest BCUT2D eigenvalue weighted by atomic mass is 19.4. The SMILES string of the molecule is COc1cccc([C@@H]2NC(=O)N[C@](O)(C(F)(F)F)[C@H]2C(=O)c2cccnc2)c1OC. The predicted octanol–water partition coefficient (Wildman–Crippen LogP) is 2.20. The number of carbonyl (C=O) groups is 2. The second kappa shape index (κ2) is 7.82. The van der Waals surface area contributed by atoms with Crippen LogP contribution in [-0.2, 0) is 0 Å². The number of ether oxygens (including phenoxy) is 2. The fourth-order valence-electron chi connectivity index (χ4n) is 3.44. The molecule has 1 aliphatic heterocycles. The first-order valence-corrected chi connectivity index (χ1v) is 8.67. The average molecular weight is 425 g/mol. The Bertz CT molecular complexity index is 954. The molecule has 1 fully saturated rings. The van der Waals surface area contributed by atoms with Crippen LogP contribution in [0.4, 0.5) is 18.0 Å². The van der Waals surface area contributed by atoms with Gasteiger partial charge in [0.1, 0.15) is 5.92 Å². The summed E-state index contributed by atoms with van der Waals surface area (Å²) in [6, 6.07) is 4.07. The first-order valence-electron chi connectivity index (χ1n) is 8.67. The number of rotatable bonds is 5. The molecule has 0 bridgehead atoms. The number of hydrogen-bond acceptors (Lipinski definition) is 6. The van der Waals surface area contributed by atoms with Gasteiger partial charge in [-0.05, 0) is 18.2 Å². The van der Waals surface area contributed by atoms with Gasteiger partial charge in [-0.2, -0.15) is 13.2 Å². The van der Waals surface area contributed by atoms with Crippen molar-refractivity contribution in [2.45, 2.75) is 17.9 Å². The van der Waals surface area contributed by atoms with Crippen molar-refractivity contribution in [3.05, 3.63) is 53.9 Å². The quantitative estimate of drug-likeness (QED) is 0.634. The maximum absolute atomic E-state index is 13.9. The van der Waals surface area contributed by atoms with Gasteiger partial charge in [0.05, 0.1) is 20.3 Å². The van der Waals surface area contributed by atoms with Crippen molar-refractivity contribution < 1.29 is 37.3 Å². The predicted molar refractivity (Wildman–Crippen MR) is 97.0 cm³/mol. The number of para-hydroxylation sites is 1. The number of nitrogens with one attached hydrogen (secondary N) is 2. The second-order valence-electron chi connectivity index (χ2n) is 6.51. The molecule has 2 heterocycles. The molecule has 2 amide bonds. The van der Waals surface area contributed by atoms with Crippen molar-refractivity contribution in [1.82, 2.24) is 15.6 Å². The maximum Gasteiger partial charge on any atom is 0.437 e. The van der Waals surface area contributed by atoms with Crippen molar-refractivity contribution in [2.75, 3.05) is 14.2 Å². The third kappa shape index (κ3) is 3.52. The highest BCUT2D eigenvalue weighted by Crippen LogP contribution is 2.47. The topological polar surface area (TPSA) is 110 Å². The Morgan fingerprint density at radius 2 is 1.93 bits per heavy atom. The first-order chi connectivity index (χ1) is 14.1. The van der Waals surface area contributed by atoms with E-state index in [4.69, 9.17) is 9.47 Å². The fourth-order valence-corrected chi connectivity index (χ4v) is 3.44. The molecule has 11 heteroatoms. The summed E-state index contributed by atoms with van der Waals surface area (Å²) in [5.74, 6) is -3.09. The van der Waals surface area contributed by atoms with Gasteiger partial charge in [-0.25, -0.2) is 4.79 Å². The Kier molecular flexibility index (Phi) is 5.57. The largest absolute Gasteiger partial charge is 0.493 e. The molecule has 0 radical (unpaired) electrons. The number of hydrogen-bond donors (Lipinski definition) is 3. The lowest BCUT2D eigenvalue weighted by atomic mass is 9.77. The van der Waals surface area contributed by atoms with Gasteiger partial charge in [0.15, 0.2) is 17.3 Å². The number of nitrogens with zero attached hydrogens (tertiary/aromatic N) is 1. The minimum Gasteiger partial charge on any atom is -0.493 e. The highest BCUT2D eigenvalue weighted by molar-refractivity contribution is 6.00. The minimum absolute atomic E-state index is 0.0145. The Morgan fingerprint density at radius 1 is 1.20 bits per heavy atom. The molecule has 1 aromatic heterocycles. The van der Waals surface area contributed by atoms with Crippen LogP contribution in [0.1, 0.15) is 22.0 Å². The Morgan fingerprint density at radius 3 is 2.50 bits per heavy atom. The Hall–Kier alpha value is -3.34. The Balaban J connectivity index is 2.24. The van der Waals surface area contributed by atoms with E-state index in [1.165, 1.54) is 56.1 Å². The van der Waals surface area contributed by atoms with E-state index in [0.29, 0.717) is 0 Å². The van der Waals surface area contributed by atoms with Crippen LogP contribution in [0.15, 0.2) is 42.7 Å². The molecule has 0 saturated carbocycles. The zero-order valence-electron chi connectivity index (χ0n) is 15.9. The molecule has 1 aromatic carbocycles. The van der Waals surface area contributed by atoms with Crippen LogP contribution in [0.2, 0.25) is 0 Å². The molecular weight excluding hydrogens is 407 g/mol. The average Bonchev–Trinajstić information content (AvgIpc) is 2.71. The number of halogens is 3. The fraction of sp³-hybridized carbons (Fsp3) is 0.316. The number of urea groups is 1. The van der Waals surface area contributed by atoms with Crippen LogP contribution in [0.3, 0.4) is 0 Å². The molecule has 8 nitrogen and oxygen atoms in total. The number of aromatic nitrogens is 1. The lowest BCUT2D eigenvalue weighted by Gasteiger charge is -2.45. The molecule has 0 aliphatic carbocycles. The van der Waals surface area contributed by atoms with Crippen molar-refractivity contribution in [2.24, 2.45) is 5.92 Å². The lowest BCUT2D eigenvalue weighted by molar-refractivity contribution is -0.287. The van der Waals surface area contributed by atoms with Gasteiger partial charge in [-0.15, -0.1) is 0 Å². The van der Waals surface area contributed by atoms with Crippen molar-refractivity contribution in [1.29, 1.82) is 0 Å². The smallest absolute Gasteiger partial charge is 0.437 e. The van der Waals surface area contributed by atoms with Gasteiger partial charge in [0.2, 0.25) is 5.72 Å². The summed E-state index contributed by atoms with van der Waals surface area (Å²) in [7, 11) is 2.59. The number of benzene rings is 1. The molecule has 0 spiro atoms. The van der Waals surface area contributed by atoms with E-state index in [-0.39, 0.29) is 22.6 Å². The van der Waals surface area contributed by atoms with E-state index in [1.54, 1.807) is 0 Å². The molecular formula is C19H18F3N3O5. The van der Waals surface area contributed by atoms with Crippen LogP contribution in [0.25, 0.3) is 0 Å². The summed E-state index contributed by atoms with van der Waals surface area (Å²) < 4.78 is 52.2. The van der Waals surface area contributed by atoms with Crippen molar-refractivity contribution >= 4 is 11.8 Å². The van der Waals surface area contributed by atoms with Crippen LogP contribution < -0.4 is 20.1 Å². The molecule has 3 N–H and O–H groups in total. The maximum atomic E-state index is 13.9. The molecule has 3 atom stereocenters. The standard InChI is InChI=1S/C19H18F3N3O5/c1-29-12-7-3-6-11(16(12)30-2)14-13(15(26)10-5-4-8-23-9-10)18(28,19(20,21)22)25-17(27)24-14/h3-9,13-14,28H,1-2H3,(H2,24,25,27)/t13-,14+,18-/m1/s1. The molecule has 30 heavy (non-hydrogen) atoms. The van der Waals surface area contributed by atoms with E-state index in [0.717, 1.165) is 6.20 Å². The summed E-state index contributed by atoms with van der Waals surface area (Å²) in [6.07, 6.45) is -2.94. The van der Waals surface area contributed by atoms with Crippen LogP contribution in [-0.4, -0.2) is 48.0 Å². The third-order valence-electron chi connectivity index (χ3n) is 4.80. The summed E-state index contributed by atoms with van der Waals surface area (Å²) >= 11 is 0. The summed E-state index contributed by atoms with van der Waals surface area (Å²) in [6.45, 7) is 0. The molecule has 0 unspecified atom stereocenters. The zero-order valence-corrected chi connectivity index (χ0v) is 15.9. The molecule has 1 saturated heterocycles. The highest BCUT2D eigenvalue weighted by Gasteiger charge is 2.66. The number of methoxy groups -OCH3 is 2. The number of ketones is 1. The van der Waals surface area contributed by atoms with E-state index >= 15 is 0 Å². The van der Waals surface area contributed by atoms with Gasteiger partial charge in [0.25, 0.3) is 0 Å². The monoisotopic (exact) mass is 425 g/mol. The number of alkyl halides is 3. The van der Waals surface area contributed by atoms with Gasteiger partial charge < -0.3 is 25.2 Å². The summed E-state index contributed by atoms with van der Waals surface area (Å²) in [5.41, 5.74) is -3.99. The zero-order chi connectivity index (χ0) is 22.1. The molecule has 160 valence electrons.